The van der Waals surface area contributed by atoms with Crippen molar-refractivity contribution in [1.29, 1.82) is 0 Å². The Morgan fingerprint density at radius 1 is 0.449 bits per heavy atom. The fraction of sp³-hybridized carbons (Fsp3) is 0.219. The van der Waals surface area contributed by atoms with E-state index in [0.29, 0.717) is 46.0 Å². The van der Waals surface area contributed by atoms with Crippen molar-refractivity contribution in [3.05, 3.63) is 236 Å². The number of aromatic hydroxyl groups is 2. The third-order valence-corrected chi connectivity index (χ3v) is 10.4. The maximum absolute atomic E-state index is 12.0. The number of phenolic OH excluding ortho intramolecular Hbond substituents is 2. The van der Waals surface area contributed by atoms with Gasteiger partial charge in [-0.15, -0.1) is 36.0 Å². The third kappa shape index (κ3) is 33.6. The summed E-state index contributed by atoms with van der Waals surface area (Å²) in [6, 6.07) is 52.6. The summed E-state index contributed by atoms with van der Waals surface area (Å²) in [5.74, 6) is 12.2. The van der Waals surface area contributed by atoms with Crippen molar-refractivity contribution in [2.45, 2.75) is 111 Å². The number of carbonyl (C=O) groups excluding carboxylic acids is 2. The minimum Gasteiger partial charge on any atom is -0.507 e. The number of phenols is 2. The van der Waals surface area contributed by atoms with Gasteiger partial charge in [0.05, 0.1) is 48.5 Å². The number of hydrogen-bond donors (Lipinski definition) is 6. The number of carboxylic acids is 1. The predicted molar refractivity (Wildman–Crippen MR) is 354 cm³/mol. The molecule has 16 heteroatoms. The molecule has 9 aromatic rings. The van der Waals surface area contributed by atoms with Crippen LogP contribution in [-0.4, -0.2) is 49.2 Å². The summed E-state index contributed by atoms with van der Waals surface area (Å²) in [5, 5.41) is 54.7. The van der Waals surface area contributed by atoms with Crippen LogP contribution in [0.1, 0.15) is 128 Å². The third-order valence-electron chi connectivity index (χ3n) is 10.4. The van der Waals surface area contributed by atoms with E-state index in [1.165, 1.54) is 12.1 Å². The van der Waals surface area contributed by atoms with Crippen LogP contribution in [0.15, 0.2) is 200 Å². The number of carboxylic acid groups (broad SMARTS) is 1. The Hall–Kier alpha value is -13.1. The maximum atomic E-state index is 12.0. The molecule has 9 rings (SSSR count). The number of rotatable bonds is 9. The summed E-state index contributed by atoms with van der Waals surface area (Å²) in [6.07, 6.45) is 5.87. The molecular weight excluding hydrogens is 1890 g/mol. The number of terminal acetylenes is 1. The predicted octanol–water partition coefficient (Wildman–Crippen LogP) is 15.8. The molecule has 0 fully saturated rings. The van der Waals surface area contributed by atoms with Crippen LogP contribution in [-0.2, 0) is 31.0 Å². The topological polar surface area (TPSA) is 233 Å². The molecule has 0 unspecified atom stereocenters. The van der Waals surface area contributed by atoms with Crippen molar-refractivity contribution in [3.63, 3.8) is 0 Å². The number of aldehydes is 2. The fourth-order valence-electron chi connectivity index (χ4n) is 6.22. The standard InChI is InChI=1S/2C16H12O3.C9H10O3.2C7H6O2.2C4H6.C3H4.2C2H6.3CH4.3Sg/c2*17-10-11-5-7-12(8-6-11)14-9-13-3-1-2-4-15(13)19-16(14)18;10-6-8-3-1-7(2-4-8)5-9(11)12;2*8-5-6-3-1-2-4-7(6)9;2*1-3-4-2;1-3-2;2*1-2;;;;;;/h2*1-9,17H,10H2;1-4,10H,5-6H2,(H,11,12);2*1-5,9H;2*1-2H3;1H,2H3;2*1-2H3;3*1H4;;;. The number of hydrogen-bond acceptors (Lipinski definition) is 12. The smallest absolute Gasteiger partial charge is 0.344 e. The Bertz CT molecular complexity index is 3390. The van der Waals surface area contributed by atoms with Gasteiger partial charge in [-0.3, -0.25) is 14.4 Å². The Kier molecular flexibility index (Phi) is 54.6. The zero-order chi connectivity index (χ0) is 62.4. The van der Waals surface area contributed by atoms with Gasteiger partial charge in [-0.25, -0.2) is 9.59 Å². The molecule has 2 heterocycles. The van der Waals surface area contributed by atoms with Crippen molar-refractivity contribution in [2.24, 2.45) is 0 Å². The second-order valence-electron chi connectivity index (χ2n) is 15.9. The Labute approximate surface area is 509 Å². The van der Waals surface area contributed by atoms with Gasteiger partial charge in [-0.05, 0) is 117 Å². The van der Waals surface area contributed by atoms with Crippen molar-refractivity contribution >= 4 is 40.5 Å². The van der Waals surface area contributed by atoms with Crippen molar-refractivity contribution < 1.29 is 53.9 Å². The average Bonchev–Trinajstić information content (AvgIpc) is 3.51. The molecule has 6 N–H and O–H groups in total. The molecule has 2 aromatic heterocycles. The number of aliphatic carboxylic acids is 1. The molecule has 7 aromatic carbocycles. The second kappa shape index (κ2) is 54.2. The maximum Gasteiger partial charge on any atom is 0.344 e. The molecule has 0 radical (unpaired) electrons. The number of carbonyl (C=O) groups is 3. The van der Waals surface area contributed by atoms with E-state index in [1.54, 1.807) is 104 Å². The van der Waals surface area contributed by atoms with E-state index in [0.717, 1.165) is 44.2 Å². The SMILES string of the molecule is C.C.C.C#CC.CC.CC.CC#CC.CC#CC.O=C(O)Cc1ccc(CO)cc1.O=Cc1ccccc1O.O=Cc1ccccc1O.O=c1oc2ccccc2cc1-c1ccc(CO)cc1.O=c1oc2ccccc2cc1-c1ccc(CO)cc1.[Sg].[Sg].[Sg]. The summed E-state index contributed by atoms with van der Waals surface area (Å²) < 4.78 is 10.6. The molecule has 0 atom stereocenters. The molecular formula is C73H86O13Sg3. The Morgan fingerprint density at radius 3 is 0.955 bits per heavy atom. The molecule has 0 aliphatic carbocycles. The monoisotopic (exact) mass is 1980 g/mol. The molecule has 0 amide bonds. The molecule has 13 nitrogen and oxygen atoms in total. The van der Waals surface area contributed by atoms with E-state index in [2.05, 4.69) is 36.0 Å². The van der Waals surface area contributed by atoms with Crippen LogP contribution in [0.4, 0.5) is 0 Å². The van der Waals surface area contributed by atoms with Crippen LogP contribution in [0.3, 0.4) is 0 Å². The second-order valence-corrected chi connectivity index (χ2v) is 15.9. The molecule has 89 heavy (non-hydrogen) atoms. The molecule has 0 saturated heterocycles. The first-order chi connectivity index (χ1) is 40.2. The zero-order valence-electron chi connectivity index (χ0n) is 50.5. The van der Waals surface area contributed by atoms with Gasteiger partial charge in [-0.1, -0.05) is 183 Å². The van der Waals surface area contributed by atoms with Gasteiger partial charge in [0.1, 0.15) is 22.7 Å². The number of benzene rings is 7. The van der Waals surface area contributed by atoms with E-state index in [4.69, 9.17) is 39.5 Å². The molecule has 0 spiro atoms. The Morgan fingerprint density at radius 2 is 0.708 bits per heavy atom. The molecule has 0 aliphatic heterocycles. The first-order valence-electron chi connectivity index (χ1n) is 26.1. The number of para-hydroxylation sites is 4. The minimum absolute atomic E-state index is 0. The van der Waals surface area contributed by atoms with E-state index >= 15 is 0 Å². The quantitative estimate of drug-likeness (QED) is 0.0449. The van der Waals surface area contributed by atoms with Crippen LogP contribution in [0.5, 0.6) is 11.5 Å². The van der Waals surface area contributed by atoms with Crippen LogP contribution in [0, 0.1) is 36.0 Å². The van der Waals surface area contributed by atoms with Crippen LogP contribution in [0.25, 0.3) is 44.2 Å². The first-order valence-corrected chi connectivity index (χ1v) is 26.1. The summed E-state index contributed by atoms with van der Waals surface area (Å²) in [4.78, 5) is 54.4. The average molecular weight is 1980 g/mol. The minimum atomic E-state index is -0.841. The number of fused-ring (bicyclic) bond motifs is 2. The van der Waals surface area contributed by atoms with Crippen molar-refractivity contribution in [3.8, 4) is 69.8 Å². The van der Waals surface area contributed by atoms with Gasteiger partial charge in [0, 0.05) is 10.8 Å². The van der Waals surface area contributed by atoms with Crippen molar-refractivity contribution in [2.75, 3.05) is 0 Å². The number of aliphatic hydroxyl groups excluding tert-OH is 3. The van der Waals surface area contributed by atoms with Crippen molar-refractivity contribution in [1.82, 2.24) is 0 Å². The van der Waals surface area contributed by atoms with Gasteiger partial charge in [0.2, 0.25) is 0 Å². The summed E-state index contributed by atoms with van der Waals surface area (Å²) in [7, 11) is 0. The largest absolute Gasteiger partial charge is 0.507 e. The molecule has 462 valence electrons. The zero-order valence-corrected chi connectivity index (χ0v) is 70.0. The van der Waals surface area contributed by atoms with E-state index in [9.17, 15) is 24.0 Å². The van der Waals surface area contributed by atoms with Crippen LogP contribution < -0.4 is 11.3 Å². The van der Waals surface area contributed by atoms with Gasteiger partial charge >= 0.3 is 17.2 Å². The summed E-state index contributed by atoms with van der Waals surface area (Å²) in [6.45, 7) is 16.9. The van der Waals surface area contributed by atoms with Gasteiger partial charge in [0.25, 0.3) is 0 Å². The van der Waals surface area contributed by atoms with Gasteiger partial charge in [0.15, 0.2) is 12.6 Å². The van der Waals surface area contributed by atoms with Gasteiger partial charge < -0.3 is 39.5 Å². The van der Waals surface area contributed by atoms with E-state index < -0.39 is 5.97 Å². The summed E-state index contributed by atoms with van der Waals surface area (Å²) >= 11 is 0. The van der Waals surface area contributed by atoms with Crippen LogP contribution in [0.2, 0.25) is 0 Å². The first kappa shape index (κ1) is 89.7. The van der Waals surface area contributed by atoms with E-state index in [1.807, 2.05) is 128 Å². The van der Waals surface area contributed by atoms with Gasteiger partial charge in [-0.2, -0.15) is 0 Å². The molecule has 0 aliphatic rings. The summed E-state index contributed by atoms with van der Waals surface area (Å²) in [5.41, 5.74) is 6.94. The molecule has 0 saturated carbocycles. The van der Waals surface area contributed by atoms with E-state index in [-0.39, 0.29) is 71.3 Å². The Balaban J connectivity index is -0.000000180. The number of aliphatic hydroxyl groups is 3. The molecule has 0 bridgehead atoms. The fourth-order valence-corrected chi connectivity index (χ4v) is 6.22. The van der Waals surface area contributed by atoms with Crippen LogP contribution >= 0.6 is 0 Å². The normalized spacial score (nSPS) is 8.26.